The molecule has 0 fully saturated rings. The van der Waals surface area contributed by atoms with Crippen LogP contribution in [0.15, 0.2) is 78.1 Å². The molecule has 4 aromatic rings. The Morgan fingerprint density at radius 3 is 2.39 bits per heavy atom. The van der Waals surface area contributed by atoms with Gasteiger partial charge in [-0.1, -0.05) is 23.4 Å². The third-order valence-corrected chi connectivity index (χ3v) is 6.36. The highest BCUT2D eigenvalue weighted by Gasteiger charge is 2.18. The maximum absolute atomic E-state index is 13.8. The first-order valence-electron chi connectivity index (χ1n) is 10.2. The van der Waals surface area contributed by atoms with E-state index in [1.807, 2.05) is 35.9 Å². The smallest absolute Gasteiger partial charge is 0.173 e. The Labute approximate surface area is 200 Å². The van der Waals surface area contributed by atoms with Gasteiger partial charge in [0.15, 0.2) is 5.16 Å². The number of rotatable bonds is 8. The van der Waals surface area contributed by atoms with Gasteiger partial charge in [0.1, 0.15) is 17.4 Å². The van der Waals surface area contributed by atoms with E-state index >= 15 is 0 Å². The number of nitrogens with zero attached hydrogens (tertiary/aromatic N) is 3. The molecule has 170 valence electrons. The van der Waals surface area contributed by atoms with Crippen LogP contribution in [0.5, 0.6) is 5.75 Å². The van der Waals surface area contributed by atoms with E-state index in [1.165, 1.54) is 31.4 Å². The Morgan fingerprint density at radius 2 is 1.70 bits per heavy atom. The Balaban J connectivity index is 1.63. The molecular formula is C25H22ClF2N3OS. The monoisotopic (exact) mass is 485 g/mol. The van der Waals surface area contributed by atoms with Gasteiger partial charge in [0.25, 0.3) is 0 Å². The zero-order valence-corrected chi connectivity index (χ0v) is 19.7. The fourth-order valence-electron chi connectivity index (χ4n) is 3.44. The average Bonchev–Trinajstić information content (AvgIpc) is 3.23. The normalized spacial score (nSPS) is 10.9. The van der Waals surface area contributed by atoms with Crippen LogP contribution in [-0.4, -0.2) is 36.0 Å². The molecule has 1 aromatic heterocycles. The van der Waals surface area contributed by atoms with Crippen LogP contribution in [0.25, 0.3) is 16.9 Å². The second kappa shape index (κ2) is 10.3. The minimum atomic E-state index is -0.369. The van der Waals surface area contributed by atoms with Gasteiger partial charge in [-0.15, -0.1) is 0 Å². The summed E-state index contributed by atoms with van der Waals surface area (Å²) in [6.45, 7) is 0.735. The molecule has 0 N–H and O–H groups in total. The van der Waals surface area contributed by atoms with E-state index in [-0.39, 0.29) is 11.6 Å². The van der Waals surface area contributed by atoms with Crippen LogP contribution in [0.1, 0.15) is 0 Å². The van der Waals surface area contributed by atoms with Gasteiger partial charge < -0.3 is 9.64 Å². The van der Waals surface area contributed by atoms with E-state index in [9.17, 15) is 8.78 Å². The van der Waals surface area contributed by atoms with Crippen LogP contribution in [0.3, 0.4) is 0 Å². The standard InChI is InChI=1S/C25H22ClF2N3OS/c1-30(20-10-5-18(27)6-11-20)13-14-33-25-29-16-23(22-12-7-19(28)15-24(22)32-2)31(25)21-8-3-17(26)4-9-21/h3-12,15-16H,13-14H2,1-2H3. The molecule has 0 amide bonds. The molecular weight excluding hydrogens is 464 g/mol. The first-order valence-corrected chi connectivity index (χ1v) is 11.6. The van der Waals surface area contributed by atoms with Crippen molar-refractivity contribution < 1.29 is 13.5 Å². The summed E-state index contributed by atoms with van der Waals surface area (Å²) in [6, 6.07) is 18.3. The number of benzene rings is 3. The van der Waals surface area contributed by atoms with Gasteiger partial charge in [-0.2, -0.15) is 0 Å². The summed E-state index contributed by atoms with van der Waals surface area (Å²) in [5.74, 6) is 0.554. The lowest BCUT2D eigenvalue weighted by molar-refractivity contribution is 0.412. The second-order valence-corrected chi connectivity index (χ2v) is 8.83. The number of methoxy groups -OCH3 is 1. The summed E-state index contributed by atoms with van der Waals surface area (Å²) in [5, 5.41) is 1.42. The molecule has 0 spiro atoms. The first kappa shape index (κ1) is 23.1. The molecule has 8 heteroatoms. The molecule has 0 bridgehead atoms. The molecule has 0 aliphatic heterocycles. The van der Waals surface area contributed by atoms with Gasteiger partial charge in [-0.3, -0.25) is 4.57 Å². The van der Waals surface area contributed by atoms with Gasteiger partial charge in [0.2, 0.25) is 0 Å². The molecule has 0 saturated carbocycles. The van der Waals surface area contributed by atoms with Gasteiger partial charge >= 0.3 is 0 Å². The summed E-state index contributed by atoms with van der Waals surface area (Å²) in [4.78, 5) is 6.71. The number of hydrogen-bond acceptors (Lipinski definition) is 4. The van der Waals surface area contributed by atoms with Crippen molar-refractivity contribution in [3.05, 3.63) is 89.6 Å². The highest BCUT2D eigenvalue weighted by molar-refractivity contribution is 7.99. The molecule has 3 aromatic carbocycles. The van der Waals surface area contributed by atoms with Crippen molar-refractivity contribution in [1.29, 1.82) is 0 Å². The molecule has 0 atom stereocenters. The van der Waals surface area contributed by atoms with E-state index < -0.39 is 0 Å². The largest absolute Gasteiger partial charge is 0.496 e. The highest BCUT2D eigenvalue weighted by atomic mass is 35.5. The molecule has 0 aliphatic rings. The van der Waals surface area contributed by atoms with E-state index in [0.29, 0.717) is 10.8 Å². The van der Waals surface area contributed by atoms with Crippen molar-refractivity contribution >= 4 is 29.1 Å². The molecule has 0 saturated heterocycles. The molecule has 0 aliphatic carbocycles. The third kappa shape index (κ3) is 5.31. The maximum Gasteiger partial charge on any atom is 0.173 e. The summed E-state index contributed by atoms with van der Waals surface area (Å²) >= 11 is 7.69. The Bertz CT molecular complexity index is 1230. The van der Waals surface area contributed by atoms with E-state index in [0.717, 1.165) is 40.1 Å². The SMILES string of the molecule is COc1cc(F)ccc1-c1cnc(SCCN(C)c2ccc(F)cc2)n1-c1ccc(Cl)cc1. The van der Waals surface area contributed by atoms with Crippen molar-refractivity contribution in [2.75, 3.05) is 31.4 Å². The highest BCUT2D eigenvalue weighted by Crippen LogP contribution is 2.35. The van der Waals surface area contributed by atoms with Crippen LogP contribution in [0.2, 0.25) is 5.02 Å². The average molecular weight is 486 g/mol. The second-order valence-electron chi connectivity index (χ2n) is 7.33. The predicted molar refractivity (Wildman–Crippen MR) is 131 cm³/mol. The fraction of sp³-hybridized carbons (Fsp3) is 0.160. The van der Waals surface area contributed by atoms with Crippen molar-refractivity contribution in [2.45, 2.75) is 5.16 Å². The third-order valence-electron chi connectivity index (χ3n) is 5.18. The molecule has 0 unspecified atom stereocenters. The number of anilines is 1. The number of imidazole rings is 1. The van der Waals surface area contributed by atoms with Crippen molar-refractivity contribution in [3.63, 3.8) is 0 Å². The van der Waals surface area contributed by atoms with Crippen LogP contribution in [0, 0.1) is 11.6 Å². The van der Waals surface area contributed by atoms with E-state index in [2.05, 4.69) is 9.88 Å². The molecule has 1 heterocycles. The Hall–Kier alpha value is -3.03. The van der Waals surface area contributed by atoms with Crippen LogP contribution in [-0.2, 0) is 0 Å². The lowest BCUT2D eigenvalue weighted by atomic mass is 10.1. The topological polar surface area (TPSA) is 30.3 Å². The summed E-state index contributed by atoms with van der Waals surface area (Å²) in [6.07, 6.45) is 1.76. The van der Waals surface area contributed by atoms with Crippen molar-refractivity contribution in [1.82, 2.24) is 9.55 Å². The van der Waals surface area contributed by atoms with Crippen LogP contribution < -0.4 is 9.64 Å². The van der Waals surface area contributed by atoms with Gasteiger partial charge in [-0.05, 0) is 60.7 Å². The van der Waals surface area contributed by atoms with Gasteiger partial charge in [-0.25, -0.2) is 13.8 Å². The number of aromatic nitrogens is 2. The summed E-state index contributed by atoms with van der Waals surface area (Å²) in [5.41, 5.74) is 3.34. The summed E-state index contributed by atoms with van der Waals surface area (Å²) < 4.78 is 34.4. The number of ether oxygens (including phenoxy) is 1. The zero-order valence-electron chi connectivity index (χ0n) is 18.1. The number of hydrogen-bond donors (Lipinski definition) is 0. The number of thioether (sulfide) groups is 1. The van der Waals surface area contributed by atoms with Gasteiger partial charge in [0, 0.05) is 47.4 Å². The zero-order chi connectivity index (χ0) is 23.4. The van der Waals surface area contributed by atoms with Crippen LogP contribution >= 0.6 is 23.4 Å². The molecule has 4 nitrogen and oxygen atoms in total. The van der Waals surface area contributed by atoms with E-state index in [4.69, 9.17) is 16.3 Å². The lowest BCUT2D eigenvalue weighted by Crippen LogP contribution is -2.20. The maximum atomic E-state index is 13.8. The molecule has 0 radical (unpaired) electrons. The first-order chi connectivity index (χ1) is 16.0. The lowest BCUT2D eigenvalue weighted by Gasteiger charge is -2.19. The Morgan fingerprint density at radius 1 is 1.00 bits per heavy atom. The van der Waals surface area contributed by atoms with Crippen molar-refractivity contribution in [3.8, 4) is 22.7 Å². The Kier molecular flexibility index (Phi) is 7.20. The predicted octanol–water partition coefficient (Wildman–Crippen LogP) is 6.71. The minimum absolute atomic E-state index is 0.254. The van der Waals surface area contributed by atoms with Crippen LogP contribution in [0.4, 0.5) is 14.5 Å². The minimum Gasteiger partial charge on any atom is -0.496 e. The molecule has 33 heavy (non-hydrogen) atoms. The van der Waals surface area contributed by atoms with E-state index in [1.54, 1.807) is 36.2 Å². The molecule has 4 rings (SSSR count). The quantitative estimate of drug-likeness (QED) is 0.259. The van der Waals surface area contributed by atoms with Gasteiger partial charge in [0.05, 0.1) is 19.0 Å². The number of halogens is 3. The fourth-order valence-corrected chi connectivity index (χ4v) is 4.58. The summed E-state index contributed by atoms with van der Waals surface area (Å²) in [7, 11) is 3.48. The van der Waals surface area contributed by atoms with Crippen molar-refractivity contribution in [2.24, 2.45) is 0 Å².